The van der Waals surface area contributed by atoms with Crippen LogP contribution in [0.1, 0.15) is 56.1 Å². The van der Waals surface area contributed by atoms with Crippen LogP contribution < -0.4 is 4.90 Å². The van der Waals surface area contributed by atoms with Gasteiger partial charge in [-0.25, -0.2) is 9.78 Å². The number of hydrogen-bond donors (Lipinski definition) is 1. The molecule has 0 unspecified atom stereocenters. The van der Waals surface area contributed by atoms with Crippen LogP contribution >= 0.6 is 0 Å². The summed E-state index contributed by atoms with van der Waals surface area (Å²) in [4.78, 5) is 18.1. The van der Waals surface area contributed by atoms with Crippen LogP contribution in [0.25, 0.3) is 0 Å². The Labute approximate surface area is 120 Å². The van der Waals surface area contributed by atoms with Crippen LogP contribution in [0, 0.1) is 5.41 Å². The van der Waals surface area contributed by atoms with E-state index in [1.54, 1.807) is 12.1 Å². The molecule has 0 radical (unpaired) electrons. The number of aromatic nitrogens is 1. The van der Waals surface area contributed by atoms with Crippen molar-refractivity contribution in [1.29, 1.82) is 0 Å². The highest BCUT2D eigenvalue weighted by molar-refractivity contribution is 5.88. The molecule has 0 spiro atoms. The molecule has 4 heteroatoms. The number of pyridine rings is 1. The lowest BCUT2D eigenvalue weighted by molar-refractivity contribution is 0.0696. The molecule has 0 bridgehead atoms. The number of carboxylic acid groups (broad SMARTS) is 1. The molecule has 1 fully saturated rings. The molecule has 0 atom stereocenters. The van der Waals surface area contributed by atoms with E-state index in [4.69, 9.17) is 0 Å². The summed E-state index contributed by atoms with van der Waals surface area (Å²) in [5, 5.41) is 9.22. The van der Waals surface area contributed by atoms with E-state index in [9.17, 15) is 9.90 Å². The van der Waals surface area contributed by atoms with E-state index in [0.717, 1.165) is 31.0 Å². The highest BCUT2D eigenvalue weighted by Gasteiger charge is 2.35. The average molecular weight is 276 g/mol. The minimum absolute atomic E-state index is 0.345. The van der Waals surface area contributed by atoms with Crippen molar-refractivity contribution >= 4 is 11.8 Å². The van der Waals surface area contributed by atoms with E-state index < -0.39 is 5.97 Å². The molecule has 20 heavy (non-hydrogen) atoms. The second-order valence-electron chi connectivity index (χ2n) is 5.74. The predicted octanol–water partition coefficient (Wildman–Crippen LogP) is 3.36. The van der Waals surface area contributed by atoms with Crippen molar-refractivity contribution < 1.29 is 9.90 Å². The first-order chi connectivity index (χ1) is 9.53. The third-order valence-electron chi connectivity index (χ3n) is 4.74. The van der Waals surface area contributed by atoms with Gasteiger partial charge in [0.15, 0.2) is 0 Å². The van der Waals surface area contributed by atoms with E-state index in [0.29, 0.717) is 11.0 Å². The zero-order valence-electron chi connectivity index (χ0n) is 12.6. The lowest BCUT2D eigenvalue weighted by Gasteiger charge is -2.27. The highest BCUT2D eigenvalue weighted by atomic mass is 16.4. The third kappa shape index (κ3) is 2.79. The second-order valence-corrected chi connectivity index (χ2v) is 5.74. The lowest BCUT2D eigenvalue weighted by Crippen LogP contribution is -2.27. The Bertz CT molecular complexity index is 495. The smallest absolute Gasteiger partial charge is 0.335 e. The average Bonchev–Trinajstić information content (AvgIpc) is 2.92. The fraction of sp³-hybridized carbons (Fsp3) is 0.625. The Kier molecular flexibility index (Phi) is 4.31. The van der Waals surface area contributed by atoms with Crippen molar-refractivity contribution in [3.05, 3.63) is 23.4 Å². The number of nitrogens with zero attached hydrogens (tertiary/aromatic N) is 2. The molecule has 0 aromatic carbocycles. The molecule has 2 heterocycles. The first-order valence-corrected chi connectivity index (χ1v) is 7.52. The van der Waals surface area contributed by atoms with Crippen molar-refractivity contribution in [3.63, 3.8) is 0 Å². The molecule has 1 saturated heterocycles. The fourth-order valence-corrected chi connectivity index (χ4v) is 3.00. The number of rotatable bonds is 5. The third-order valence-corrected chi connectivity index (χ3v) is 4.74. The van der Waals surface area contributed by atoms with Gasteiger partial charge in [0, 0.05) is 18.8 Å². The Balaban J connectivity index is 2.29. The van der Waals surface area contributed by atoms with Gasteiger partial charge in [0.25, 0.3) is 0 Å². The summed E-state index contributed by atoms with van der Waals surface area (Å²) in [6, 6.07) is 3.39. The Morgan fingerprint density at radius 1 is 1.35 bits per heavy atom. The Morgan fingerprint density at radius 2 is 2.05 bits per heavy atom. The van der Waals surface area contributed by atoms with Crippen molar-refractivity contribution in [3.8, 4) is 0 Å². The maximum Gasteiger partial charge on any atom is 0.335 e. The molecule has 1 aliphatic rings. The maximum atomic E-state index is 11.2. The molecule has 4 nitrogen and oxygen atoms in total. The fourth-order valence-electron chi connectivity index (χ4n) is 3.00. The van der Waals surface area contributed by atoms with Crippen molar-refractivity contribution in [2.75, 3.05) is 18.0 Å². The monoisotopic (exact) mass is 276 g/mol. The van der Waals surface area contributed by atoms with E-state index in [1.807, 2.05) is 6.92 Å². The van der Waals surface area contributed by atoms with Crippen molar-refractivity contribution in [2.45, 2.75) is 46.5 Å². The van der Waals surface area contributed by atoms with Gasteiger partial charge in [-0.15, -0.1) is 0 Å². The number of aromatic carboxylic acids is 1. The summed E-state index contributed by atoms with van der Waals surface area (Å²) in [5.74, 6) is -0.0506. The minimum atomic E-state index is -0.875. The van der Waals surface area contributed by atoms with E-state index in [-0.39, 0.29) is 0 Å². The van der Waals surface area contributed by atoms with Gasteiger partial charge in [-0.05, 0) is 43.2 Å². The highest BCUT2D eigenvalue weighted by Crippen LogP contribution is 2.38. The summed E-state index contributed by atoms with van der Waals surface area (Å²) < 4.78 is 0. The van der Waals surface area contributed by atoms with Gasteiger partial charge in [-0.2, -0.15) is 0 Å². The number of carbonyl (C=O) groups is 1. The van der Waals surface area contributed by atoms with Gasteiger partial charge < -0.3 is 10.0 Å². The van der Waals surface area contributed by atoms with Gasteiger partial charge in [-0.1, -0.05) is 20.8 Å². The molecule has 1 N–H and O–H groups in total. The van der Waals surface area contributed by atoms with E-state index in [2.05, 4.69) is 23.7 Å². The van der Waals surface area contributed by atoms with Gasteiger partial charge >= 0.3 is 5.97 Å². The van der Waals surface area contributed by atoms with E-state index in [1.165, 1.54) is 19.3 Å². The van der Waals surface area contributed by atoms with Crippen molar-refractivity contribution in [1.82, 2.24) is 4.98 Å². The van der Waals surface area contributed by atoms with Gasteiger partial charge in [0.05, 0.1) is 5.56 Å². The quantitative estimate of drug-likeness (QED) is 0.896. The molecule has 110 valence electrons. The molecule has 1 aromatic heterocycles. The molecular formula is C16H24N2O2. The van der Waals surface area contributed by atoms with Crippen LogP contribution in [-0.4, -0.2) is 29.1 Å². The molecular weight excluding hydrogens is 252 g/mol. The minimum Gasteiger partial charge on any atom is -0.478 e. The van der Waals surface area contributed by atoms with E-state index >= 15 is 0 Å². The Hall–Kier alpha value is -1.58. The Morgan fingerprint density at radius 3 is 2.55 bits per heavy atom. The lowest BCUT2D eigenvalue weighted by atomic mass is 9.82. The van der Waals surface area contributed by atoms with Gasteiger partial charge in [0.2, 0.25) is 0 Å². The summed E-state index contributed by atoms with van der Waals surface area (Å²) >= 11 is 0. The van der Waals surface area contributed by atoms with Crippen LogP contribution in [0.3, 0.4) is 0 Å². The summed E-state index contributed by atoms with van der Waals surface area (Å²) in [7, 11) is 0. The van der Waals surface area contributed by atoms with Crippen LogP contribution in [0.2, 0.25) is 0 Å². The first kappa shape index (κ1) is 14.8. The normalized spacial score (nSPS) is 17.4. The zero-order valence-corrected chi connectivity index (χ0v) is 12.6. The molecule has 1 aliphatic heterocycles. The number of hydrogen-bond acceptors (Lipinski definition) is 3. The molecule has 2 rings (SSSR count). The first-order valence-electron chi connectivity index (χ1n) is 7.52. The van der Waals surface area contributed by atoms with Gasteiger partial charge in [-0.3, -0.25) is 0 Å². The van der Waals surface area contributed by atoms with Crippen LogP contribution in [0.15, 0.2) is 12.1 Å². The molecule has 0 saturated carbocycles. The van der Waals surface area contributed by atoms with Crippen LogP contribution in [-0.2, 0) is 6.42 Å². The van der Waals surface area contributed by atoms with Crippen molar-refractivity contribution in [2.24, 2.45) is 5.41 Å². The number of anilines is 1. The predicted molar refractivity (Wildman–Crippen MR) is 80.4 cm³/mol. The maximum absolute atomic E-state index is 11.2. The van der Waals surface area contributed by atoms with Crippen LogP contribution in [0.4, 0.5) is 5.82 Å². The van der Waals surface area contributed by atoms with Gasteiger partial charge in [0.1, 0.15) is 5.82 Å². The SMILES string of the molecule is CCc1cc(C(=O)O)cc(N2CCC(CC)(CC)C2)n1. The summed E-state index contributed by atoms with van der Waals surface area (Å²) in [6.07, 6.45) is 4.26. The topological polar surface area (TPSA) is 53.4 Å². The zero-order chi connectivity index (χ0) is 14.8. The number of aryl methyl sites for hydroxylation is 1. The largest absolute Gasteiger partial charge is 0.478 e. The standard InChI is InChI=1S/C16H24N2O2/c1-4-13-9-12(15(19)20)10-14(17-13)18-8-7-16(5-2,6-3)11-18/h9-10H,4-8,11H2,1-3H3,(H,19,20). The number of carboxylic acids is 1. The molecule has 0 amide bonds. The molecule has 0 aliphatic carbocycles. The summed E-state index contributed by atoms with van der Waals surface area (Å²) in [5.41, 5.74) is 1.57. The van der Waals surface area contributed by atoms with Crippen LogP contribution in [0.5, 0.6) is 0 Å². The summed E-state index contributed by atoms with van der Waals surface area (Å²) in [6.45, 7) is 8.45. The molecule has 1 aromatic rings. The second kappa shape index (κ2) is 5.81.